The maximum atomic E-state index is 6.51. The molecule has 2 aromatic rings. The van der Waals surface area contributed by atoms with Gasteiger partial charge in [-0.15, -0.1) is 0 Å². The fourth-order valence-electron chi connectivity index (χ4n) is 3.98. The van der Waals surface area contributed by atoms with Crippen molar-refractivity contribution in [2.75, 3.05) is 5.32 Å². The number of hydrogen-bond donors (Lipinski definition) is 1. The van der Waals surface area contributed by atoms with E-state index in [0.717, 1.165) is 22.9 Å². The van der Waals surface area contributed by atoms with Crippen LogP contribution in [0.2, 0.25) is 5.02 Å². The minimum Gasteiger partial charge on any atom is -0.489 e. The van der Waals surface area contributed by atoms with E-state index in [0.29, 0.717) is 11.8 Å². The topological polar surface area (TPSA) is 21.3 Å². The zero-order valence-electron chi connectivity index (χ0n) is 14.0. The molecule has 3 heteroatoms. The van der Waals surface area contributed by atoms with Crippen LogP contribution in [-0.4, -0.2) is 6.10 Å². The maximum Gasteiger partial charge on any atom is 0.143 e. The van der Waals surface area contributed by atoms with Crippen LogP contribution in [-0.2, 0) is 0 Å². The second kappa shape index (κ2) is 6.18. The van der Waals surface area contributed by atoms with Crippen LogP contribution >= 0.6 is 11.6 Å². The molecular weight excluding hydrogens is 318 g/mol. The van der Waals surface area contributed by atoms with Crippen LogP contribution in [0.5, 0.6) is 5.75 Å². The molecule has 2 aromatic carbocycles. The van der Waals surface area contributed by atoms with Gasteiger partial charge in [-0.1, -0.05) is 54.1 Å². The Hall–Kier alpha value is -1.93. The van der Waals surface area contributed by atoms with Crippen molar-refractivity contribution in [1.82, 2.24) is 0 Å². The third-order valence-electron chi connectivity index (χ3n) is 4.96. The molecule has 0 fully saturated rings. The van der Waals surface area contributed by atoms with Gasteiger partial charge in [-0.2, -0.15) is 0 Å². The van der Waals surface area contributed by atoms with E-state index in [1.54, 1.807) is 0 Å². The van der Waals surface area contributed by atoms with Crippen LogP contribution < -0.4 is 10.1 Å². The van der Waals surface area contributed by atoms with Crippen molar-refractivity contribution in [3.8, 4) is 5.75 Å². The Morgan fingerprint density at radius 1 is 1.08 bits per heavy atom. The van der Waals surface area contributed by atoms with Gasteiger partial charge in [-0.25, -0.2) is 0 Å². The zero-order chi connectivity index (χ0) is 16.7. The second-order valence-electron chi connectivity index (χ2n) is 6.88. The van der Waals surface area contributed by atoms with Crippen LogP contribution in [0.25, 0.3) is 0 Å². The molecule has 0 radical (unpaired) electrons. The first-order valence-corrected chi connectivity index (χ1v) is 9.00. The van der Waals surface area contributed by atoms with Gasteiger partial charge in [0.2, 0.25) is 0 Å². The Bertz CT molecular complexity index is 783. The van der Waals surface area contributed by atoms with Crippen molar-refractivity contribution < 1.29 is 4.74 Å². The van der Waals surface area contributed by atoms with Crippen LogP contribution in [0.4, 0.5) is 5.69 Å². The van der Waals surface area contributed by atoms with E-state index in [4.69, 9.17) is 16.3 Å². The van der Waals surface area contributed by atoms with Crippen molar-refractivity contribution in [2.24, 2.45) is 5.92 Å². The van der Waals surface area contributed by atoms with Crippen molar-refractivity contribution >= 4 is 17.3 Å². The number of hydrogen-bond acceptors (Lipinski definition) is 2. The molecule has 1 aliphatic carbocycles. The molecule has 2 aliphatic rings. The molecule has 0 aromatic heterocycles. The minimum absolute atomic E-state index is 0.147. The molecule has 1 heterocycles. The Labute approximate surface area is 148 Å². The largest absolute Gasteiger partial charge is 0.489 e. The summed E-state index contributed by atoms with van der Waals surface area (Å²) < 4.78 is 6.06. The van der Waals surface area contributed by atoms with Crippen molar-refractivity contribution in [2.45, 2.75) is 38.3 Å². The molecule has 124 valence electrons. The fraction of sp³-hybridized carbons (Fsp3) is 0.333. The number of allylic oxidation sites excluding steroid dienone is 2. The molecule has 4 rings (SSSR count). The standard InChI is InChI=1S/C21H22ClNO/c1-13(2)24-19-12-6-10-16-14-8-5-9-15(14)20(23-21(16)19)17-7-3-4-11-18(17)22/h3-8,10-15,20,23H,9H2,1-2H3. The number of anilines is 1. The lowest BCUT2D eigenvalue weighted by atomic mass is 9.77. The van der Waals surface area contributed by atoms with Gasteiger partial charge in [-0.05, 0) is 49.4 Å². The lowest BCUT2D eigenvalue weighted by molar-refractivity contribution is 0.242. The third-order valence-corrected chi connectivity index (χ3v) is 5.31. The fourth-order valence-corrected chi connectivity index (χ4v) is 4.23. The number of ether oxygens (including phenoxy) is 1. The average Bonchev–Trinajstić information content (AvgIpc) is 3.05. The van der Waals surface area contributed by atoms with Crippen molar-refractivity contribution in [3.05, 3.63) is 70.8 Å². The molecule has 0 amide bonds. The predicted octanol–water partition coefficient (Wildman–Crippen LogP) is 5.95. The Morgan fingerprint density at radius 2 is 1.88 bits per heavy atom. The Balaban J connectivity index is 1.81. The molecule has 1 N–H and O–H groups in total. The molecule has 0 spiro atoms. The number of fused-ring (bicyclic) bond motifs is 3. The summed E-state index contributed by atoms with van der Waals surface area (Å²) in [7, 11) is 0. The first-order chi connectivity index (χ1) is 11.6. The van der Waals surface area contributed by atoms with Gasteiger partial charge in [0.15, 0.2) is 0 Å². The lowest BCUT2D eigenvalue weighted by Crippen LogP contribution is -2.29. The van der Waals surface area contributed by atoms with E-state index >= 15 is 0 Å². The number of benzene rings is 2. The summed E-state index contributed by atoms with van der Waals surface area (Å²) in [5, 5.41) is 4.58. The summed E-state index contributed by atoms with van der Waals surface area (Å²) in [5.41, 5.74) is 3.61. The van der Waals surface area contributed by atoms with Gasteiger partial charge in [0.25, 0.3) is 0 Å². The SMILES string of the molecule is CC(C)Oc1cccc2c1NC(c1ccccc1Cl)C1CC=CC21. The van der Waals surface area contributed by atoms with Crippen LogP contribution in [0.15, 0.2) is 54.6 Å². The Kier molecular flexibility index (Phi) is 4.01. The van der Waals surface area contributed by atoms with Crippen LogP contribution in [0.1, 0.15) is 43.4 Å². The summed E-state index contributed by atoms with van der Waals surface area (Å²) >= 11 is 6.51. The normalized spacial score (nSPS) is 24.4. The number of para-hydroxylation sites is 1. The average molecular weight is 340 g/mol. The van der Waals surface area contributed by atoms with Crippen molar-refractivity contribution in [1.29, 1.82) is 0 Å². The number of halogens is 1. The third kappa shape index (κ3) is 2.59. The molecule has 2 nitrogen and oxygen atoms in total. The highest BCUT2D eigenvalue weighted by atomic mass is 35.5. The van der Waals surface area contributed by atoms with E-state index in [-0.39, 0.29) is 12.1 Å². The summed E-state index contributed by atoms with van der Waals surface area (Å²) in [6, 6.07) is 14.7. The summed E-state index contributed by atoms with van der Waals surface area (Å²) in [6.45, 7) is 4.12. The van der Waals surface area contributed by atoms with Crippen molar-refractivity contribution in [3.63, 3.8) is 0 Å². The smallest absolute Gasteiger partial charge is 0.143 e. The van der Waals surface area contributed by atoms with Crippen LogP contribution in [0.3, 0.4) is 0 Å². The van der Waals surface area contributed by atoms with Gasteiger partial charge < -0.3 is 10.1 Å². The molecule has 0 bridgehead atoms. The summed E-state index contributed by atoms with van der Waals surface area (Å²) in [6.07, 6.45) is 5.86. The molecule has 0 saturated carbocycles. The van der Waals surface area contributed by atoms with E-state index < -0.39 is 0 Å². The first-order valence-electron chi connectivity index (χ1n) is 8.62. The van der Waals surface area contributed by atoms with E-state index in [2.05, 4.69) is 61.6 Å². The van der Waals surface area contributed by atoms with E-state index in [9.17, 15) is 0 Å². The van der Waals surface area contributed by atoms with Gasteiger partial charge in [0, 0.05) is 10.9 Å². The quantitative estimate of drug-likeness (QED) is 0.697. The summed E-state index contributed by atoms with van der Waals surface area (Å²) in [5.74, 6) is 1.84. The lowest BCUT2D eigenvalue weighted by Gasteiger charge is -2.38. The molecule has 0 saturated heterocycles. The maximum absolute atomic E-state index is 6.51. The van der Waals surface area contributed by atoms with Gasteiger partial charge >= 0.3 is 0 Å². The molecule has 24 heavy (non-hydrogen) atoms. The first kappa shape index (κ1) is 15.6. The van der Waals surface area contributed by atoms with Crippen LogP contribution in [0, 0.1) is 5.92 Å². The second-order valence-corrected chi connectivity index (χ2v) is 7.29. The minimum atomic E-state index is 0.147. The zero-order valence-corrected chi connectivity index (χ0v) is 14.8. The van der Waals surface area contributed by atoms with E-state index in [1.165, 1.54) is 11.1 Å². The summed E-state index contributed by atoms with van der Waals surface area (Å²) in [4.78, 5) is 0. The van der Waals surface area contributed by atoms with Gasteiger partial charge in [0.05, 0.1) is 17.8 Å². The number of rotatable bonds is 3. The molecular formula is C21H22ClNO. The van der Waals surface area contributed by atoms with Gasteiger partial charge in [-0.3, -0.25) is 0 Å². The highest BCUT2D eigenvalue weighted by Gasteiger charge is 2.39. The Morgan fingerprint density at radius 3 is 2.67 bits per heavy atom. The monoisotopic (exact) mass is 339 g/mol. The molecule has 3 unspecified atom stereocenters. The predicted molar refractivity (Wildman–Crippen MR) is 100 cm³/mol. The highest BCUT2D eigenvalue weighted by molar-refractivity contribution is 6.31. The van der Waals surface area contributed by atoms with E-state index in [1.807, 2.05) is 12.1 Å². The highest BCUT2D eigenvalue weighted by Crippen LogP contribution is 2.52. The molecule has 3 atom stereocenters. The number of nitrogens with one attached hydrogen (secondary N) is 1. The van der Waals surface area contributed by atoms with Gasteiger partial charge in [0.1, 0.15) is 5.75 Å². The molecule has 1 aliphatic heterocycles.